The Morgan fingerprint density at radius 3 is 2.87 bits per heavy atom. The molecule has 78 valence electrons. The fourth-order valence-electron chi connectivity index (χ4n) is 1.40. The highest BCUT2D eigenvalue weighted by Gasteiger charge is 2.14. The maximum Gasteiger partial charge on any atom is 0.129 e. The van der Waals surface area contributed by atoms with Gasteiger partial charge in [0.2, 0.25) is 0 Å². The van der Waals surface area contributed by atoms with E-state index in [0.29, 0.717) is 5.15 Å². The highest BCUT2D eigenvalue weighted by molar-refractivity contribution is 7.10. The van der Waals surface area contributed by atoms with Gasteiger partial charge in [0.05, 0.1) is 0 Å². The molecule has 15 heavy (non-hydrogen) atoms. The molecular weight excluding hydrogens is 230 g/mol. The smallest absolute Gasteiger partial charge is 0.129 e. The van der Waals surface area contributed by atoms with E-state index in [1.807, 2.05) is 18.4 Å². The van der Waals surface area contributed by atoms with Crippen molar-refractivity contribution in [1.29, 1.82) is 0 Å². The Morgan fingerprint density at radius 1 is 1.47 bits per heavy atom. The number of aliphatic hydroxyl groups excluding tert-OH is 1. The van der Waals surface area contributed by atoms with Crippen molar-refractivity contribution >= 4 is 22.9 Å². The lowest BCUT2D eigenvalue weighted by Crippen LogP contribution is -1.98. The number of hydrogen-bond donors (Lipinski definition) is 1. The van der Waals surface area contributed by atoms with Crippen LogP contribution in [0.25, 0.3) is 0 Å². The number of nitrogens with zero attached hydrogens (tertiary/aromatic N) is 1. The molecule has 1 unspecified atom stereocenters. The van der Waals surface area contributed by atoms with Crippen LogP contribution in [0.2, 0.25) is 5.15 Å². The molecule has 4 heteroatoms. The third-order valence-corrected chi connectivity index (χ3v) is 3.49. The van der Waals surface area contributed by atoms with Crippen LogP contribution in [0.15, 0.2) is 29.8 Å². The second-order valence-electron chi connectivity index (χ2n) is 3.28. The van der Waals surface area contributed by atoms with E-state index in [1.165, 1.54) is 0 Å². The van der Waals surface area contributed by atoms with Crippen LogP contribution in [0, 0.1) is 6.92 Å². The van der Waals surface area contributed by atoms with Gasteiger partial charge in [-0.15, -0.1) is 11.3 Å². The van der Waals surface area contributed by atoms with E-state index in [4.69, 9.17) is 11.6 Å². The monoisotopic (exact) mass is 239 g/mol. The first-order valence-electron chi connectivity index (χ1n) is 4.52. The molecule has 2 heterocycles. The topological polar surface area (TPSA) is 33.1 Å². The fourth-order valence-corrected chi connectivity index (χ4v) is 2.52. The van der Waals surface area contributed by atoms with Crippen molar-refractivity contribution in [2.45, 2.75) is 13.0 Å². The maximum atomic E-state index is 10.1. The van der Waals surface area contributed by atoms with Gasteiger partial charge in [-0.1, -0.05) is 11.6 Å². The van der Waals surface area contributed by atoms with Gasteiger partial charge in [0, 0.05) is 11.1 Å². The molecule has 1 atom stereocenters. The van der Waals surface area contributed by atoms with Gasteiger partial charge in [-0.05, 0) is 41.6 Å². The van der Waals surface area contributed by atoms with Gasteiger partial charge >= 0.3 is 0 Å². The molecule has 0 aromatic carbocycles. The van der Waals surface area contributed by atoms with Crippen LogP contribution < -0.4 is 0 Å². The molecular formula is C11H10ClNOS. The molecule has 0 aliphatic carbocycles. The number of aryl methyl sites for hydroxylation is 1. The summed E-state index contributed by atoms with van der Waals surface area (Å²) in [7, 11) is 0. The van der Waals surface area contributed by atoms with Gasteiger partial charge < -0.3 is 5.11 Å². The average Bonchev–Trinajstić information content (AvgIpc) is 2.63. The number of hydrogen-bond acceptors (Lipinski definition) is 3. The van der Waals surface area contributed by atoms with Crippen LogP contribution in [0.1, 0.15) is 22.1 Å². The molecule has 2 aromatic heterocycles. The normalized spacial score (nSPS) is 12.7. The molecule has 0 bridgehead atoms. The number of aromatic nitrogens is 1. The van der Waals surface area contributed by atoms with Crippen LogP contribution in [0.5, 0.6) is 0 Å². The van der Waals surface area contributed by atoms with Crippen molar-refractivity contribution in [3.8, 4) is 0 Å². The van der Waals surface area contributed by atoms with Crippen molar-refractivity contribution < 1.29 is 5.11 Å². The molecule has 0 aliphatic heterocycles. The van der Waals surface area contributed by atoms with Crippen LogP contribution in [-0.4, -0.2) is 10.1 Å². The average molecular weight is 240 g/mol. The molecule has 0 fully saturated rings. The Hall–Kier alpha value is -0.900. The number of aliphatic hydroxyl groups is 1. The van der Waals surface area contributed by atoms with Crippen LogP contribution >= 0.6 is 22.9 Å². The summed E-state index contributed by atoms with van der Waals surface area (Å²) in [6.07, 6.45) is 0.995. The quantitative estimate of drug-likeness (QED) is 0.817. The lowest BCUT2D eigenvalue weighted by Gasteiger charge is -2.10. The molecule has 2 aromatic rings. The summed E-state index contributed by atoms with van der Waals surface area (Å²) in [5.74, 6) is 0. The predicted octanol–water partition coefficient (Wildman–Crippen LogP) is 3.19. The van der Waals surface area contributed by atoms with Crippen molar-refractivity contribution in [3.63, 3.8) is 0 Å². The van der Waals surface area contributed by atoms with Crippen molar-refractivity contribution in [3.05, 3.63) is 50.9 Å². The lowest BCUT2D eigenvalue weighted by atomic mass is 10.1. The Bertz CT molecular complexity index is 469. The zero-order chi connectivity index (χ0) is 10.8. The minimum atomic E-state index is -0.606. The largest absolute Gasteiger partial charge is 0.383 e. The second-order valence-corrected chi connectivity index (χ2v) is 4.62. The summed E-state index contributed by atoms with van der Waals surface area (Å²) >= 11 is 7.32. The van der Waals surface area contributed by atoms with Crippen molar-refractivity contribution in [2.24, 2.45) is 0 Å². The molecule has 1 N–H and O–H groups in total. The maximum absolute atomic E-state index is 10.1. The molecule has 0 amide bonds. The van der Waals surface area contributed by atoms with E-state index in [9.17, 15) is 5.11 Å². The third kappa shape index (κ3) is 2.20. The highest BCUT2D eigenvalue weighted by atomic mass is 35.5. The number of rotatable bonds is 2. The van der Waals surface area contributed by atoms with Gasteiger partial charge in [0.25, 0.3) is 0 Å². The van der Waals surface area contributed by atoms with E-state index in [-0.39, 0.29) is 0 Å². The fraction of sp³-hybridized carbons (Fsp3) is 0.182. The lowest BCUT2D eigenvalue weighted by molar-refractivity contribution is 0.223. The Morgan fingerprint density at radius 2 is 2.27 bits per heavy atom. The summed E-state index contributed by atoms with van der Waals surface area (Å²) in [5, 5.41) is 12.5. The Balaban J connectivity index is 2.36. The molecule has 0 saturated carbocycles. The van der Waals surface area contributed by atoms with Crippen molar-refractivity contribution in [2.75, 3.05) is 0 Å². The minimum Gasteiger partial charge on any atom is -0.383 e. The van der Waals surface area contributed by atoms with Gasteiger partial charge in [-0.2, -0.15) is 0 Å². The van der Waals surface area contributed by atoms with Crippen LogP contribution in [0.4, 0.5) is 0 Å². The third-order valence-electron chi connectivity index (χ3n) is 2.22. The number of thiophene rings is 1. The van der Waals surface area contributed by atoms with E-state index in [0.717, 1.165) is 16.0 Å². The molecule has 2 nitrogen and oxygen atoms in total. The molecule has 0 aliphatic rings. The molecule has 0 saturated heterocycles. The first-order chi connectivity index (χ1) is 7.18. The van der Waals surface area contributed by atoms with E-state index >= 15 is 0 Å². The van der Waals surface area contributed by atoms with E-state index in [2.05, 4.69) is 4.98 Å². The van der Waals surface area contributed by atoms with Gasteiger partial charge in [-0.25, -0.2) is 4.98 Å². The SMILES string of the molecule is Cc1ccsc1C(O)c1ccnc(Cl)c1. The molecule has 0 radical (unpaired) electrons. The van der Waals surface area contributed by atoms with Crippen molar-refractivity contribution in [1.82, 2.24) is 4.98 Å². The summed E-state index contributed by atoms with van der Waals surface area (Å²) in [6, 6.07) is 5.45. The first-order valence-corrected chi connectivity index (χ1v) is 5.78. The summed E-state index contributed by atoms with van der Waals surface area (Å²) in [5.41, 5.74) is 1.88. The summed E-state index contributed by atoms with van der Waals surface area (Å²) in [6.45, 7) is 1.98. The first kappa shape index (κ1) is 10.6. The number of pyridine rings is 1. The Kier molecular flexibility index (Phi) is 3.05. The summed E-state index contributed by atoms with van der Waals surface area (Å²) in [4.78, 5) is 4.84. The van der Waals surface area contributed by atoms with Gasteiger partial charge in [-0.3, -0.25) is 0 Å². The zero-order valence-electron chi connectivity index (χ0n) is 8.14. The van der Waals surface area contributed by atoms with E-state index < -0.39 is 6.10 Å². The minimum absolute atomic E-state index is 0.403. The second kappa shape index (κ2) is 4.31. The highest BCUT2D eigenvalue weighted by Crippen LogP contribution is 2.29. The molecule has 0 spiro atoms. The zero-order valence-corrected chi connectivity index (χ0v) is 9.72. The number of halogens is 1. The van der Waals surface area contributed by atoms with Gasteiger partial charge in [0.15, 0.2) is 0 Å². The van der Waals surface area contributed by atoms with Gasteiger partial charge in [0.1, 0.15) is 11.3 Å². The Labute approximate surface area is 97.2 Å². The van der Waals surface area contributed by atoms with Crippen LogP contribution in [-0.2, 0) is 0 Å². The standard InChI is InChI=1S/C11H10ClNOS/c1-7-3-5-15-11(7)10(14)8-2-4-13-9(12)6-8/h2-6,10,14H,1H3. The summed E-state index contributed by atoms with van der Waals surface area (Å²) < 4.78 is 0. The van der Waals surface area contributed by atoms with Crippen LogP contribution in [0.3, 0.4) is 0 Å². The van der Waals surface area contributed by atoms with E-state index in [1.54, 1.807) is 29.7 Å². The predicted molar refractivity (Wildman–Crippen MR) is 62.4 cm³/mol. The molecule has 2 rings (SSSR count).